The van der Waals surface area contributed by atoms with Gasteiger partial charge in [-0.05, 0) is 43.7 Å². The molecule has 1 aliphatic rings. The minimum atomic E-state index is -0.821. The van der Waals surface area contributed by atoms with Crippen LogP contribution in [0.4, 0.5) is 8.78 Å². The molecule has 0 saturated heterocycles. The SMILES string of the molecule is CCCCC=Cc1cc2c(c(F)c1F)OC(CCCCC)CC2. The van der Waals surface area contributed by atoms with Crippen molar-refractivity contribution >= 4 is 6.08 Å². The van der Waals surface area contributed by atoms with Crippen LogP contribution in [0.2, 0.25) is 0 Å². The lowest BCUT2D eigenvalue weighted by molar-refractivity contribution is 0.151. The zero-order valence-electron chi connectivity index (χ0n) is 14.3. The molecule has 0 aromatic heterocycles. The quantitative estimate of drug-likeness (QED) is 0.500. The molecule has 0 fully saturated rings. The van der Waals surface area contributed by atoms with Crippen molar-refractivity contribution in [3.05, 3.63) is 34.9 Å². The normalized spacial score (nSPS) is 17.3. The third-order valence-electron chi connectivity index (χ3n) is 4.44. The minimum Gasteiger partial charge on any atom is -0.487 e. The summed E-state index contributed by atoms with van der Waals surface area (Å²) in [6.45, 7) is 4.27. The molecule has 0 N–H and O–H groups in total. The molecule has 0 aliphatic carbocycles. The van der Waals surface area contributed by atoms with Gasteiger partial charge in [-0.3, -0.25) is 0 Å². The molecule has 1 unspecified atom stereocenters. The largest absolute Gasteiger partial charge is 0.487 e. The number of halogens is 2. The van der Waals surface area contributed by atoms with Gasteiger partial charge < -0.3 is 4.74 Å². The van der Waals surface area contributed by atoms with E-state index >= 15 is 0 Å². The number of ether oxygens (including phenoxy) is 1. The van der Waals surface area contributed by atoms with Crippen molar-refractivity contribution in [3.63, 3.8) is 0 Å². The van der Waals surface area contributed by atoms with E-state index in [1.807, 2.05) is 6.08 Å². The molecule has 0 radical (unpaired) electrons. The van der Waals surface area contributed by atoms with Crippen molar-refractivity contribution in [1.29, 1.82) is 0 Å². The summed E-state index contributed by atoms with van der Waals surface area (Å²) in [5.41, 5.74) is 1.14. The average Bonchev–Trinajstić information content (AvgIpc) is 2.56. The van der Waals surface area contributed by atoms with Crippen molar-refractivity contribution in [3.8, 4) is 5.75 Å². The average molecular weight is 322 g/mol. The molecule has 0 bridgehead atoms. The maximum atomic E-state index is 14.3. The Morgan fingerprint density at radius 1 is 1.13 bits per heavy atom. The minimum absolute atomic E-state index is 0.0221. The number of allylic oxidation sites excluding steroid dienone is 1. The standard InChI is InChI=1S/C20H28F2O/c1-3-5-7-9-10-15-14-16-12-13-17(11-8-6-4-2)23-20(16)19(22)18(15)21/h9-10,14,17H,3-8,11-13H2,1-2H3. The van der Waals surface area contributed by atoms with Crippen molar-refractivity contribution in [2.45, 2.75) is 77.7 Å². The van der Waals surface area contributed by atoms with Crippen LogP contribution >= 0.6 is 0 Å². The third-order valence-corrected chi connectivity index (χ3v) is 4.44. The van der Waals surface area contributed by atoms with Crippen molar-refractivity contribution in [2.75, 3.05) is 0 Å². The third kappa shape index (κ3) is 4.79. The van der Waals surface area contributed by atoms with E-state index < -0.39 is 11.6 Å². The second kappa shape index (κ2) is 9.05. The molecule has 0 spiro atoms. The topological polar surface area (TPSA) is 9.23 Å². The number of benzene rings is 1. The van der Waals surface area contributed by atoms with Crippen LogP contribution in [-0.4, -0.2) is 6.10 Å². The second-order valence-electron chi connectivity index (χ2n) is 6.40. The van der Waals surface area contributed by atoms with Crippen LogP contribution in [0, 0.1) is 11.6 Å². The van der Waals surface area contributed by atoms with Gasteiger partial charge in [0.05, 0.1) is 6.10 Å². The Kier molecular flexibility index (Phi) is 7.07. The molecule has 1 aromatic rings. The summed E-state index contributed by atoms with van der Waals surface area (Å²) < 4.78 is 34.3. The molecule has 1 heterocycles. The van der Waals surface area contributed by atoms with Gasteiger partial charge in [-0.25, -0.2) is 4.39 Å². The van der Waals surface area contributed by atoms with Gasteiger partial charge in [0, 0.05) is 5.56 Å². The lowest BCUT2D eigenvalue weighted by Gasteiger charge is -2.27. The van der Waals surface area contributed by atoms with E-state index in [1.165, 1.54) is 0 Å². The Bertz CT molecular complexity index is 537. The Morgan fingerprint density at radius 3 is 2.65 bits per heavy atom. The molecule has 1 nitrogen and oxygen atoms in total. The predicted molar refractivity (Wildman–Crippen MR) is 91.8 cm³/mol. The van der Waals surface area contributed by atoms with E-state index in [4.69, 9.17) is 4.74 Å². The first-order chi connectivity index (χ1) is 11.2. The maximum absolute atomic E-state index is 14.3. The van der Waals surface area contributed by atoms with Crippen LogP contribution in [-0.2, 0) is 6.42 Å². The van der Waals surface area contributed by atoms with E-state index in [2.05, 4.69) is 13.8 Å². The summed E-state index contributed by atoms with van der Waals surface area (Å²) in [4.78, 5) is 0. The summed E-state index contributed by atoms with van der Waals surface area (Å²) in [5.74, 6) is -1.47. The zero-order chi connectivity index (χ0) is 16.7. The molecule has 1 aromatic carbocycles. The Morgan fingerprint density at radius 2 is 1.91 bits per heavy atom. The molecular weight excluding hydrogens is 294 g/mol. The number of hydrogen-bond donors (Lipinski definition) is 0. The highest BCUT2D eigenvalue weighted by molar-refractivity contribution is 5.55. The number of unbranched alkanes of at least 4 members (excludes halogenated alkanes) is 4. The first-order valence-electron chi connectivity index (χ1n) is 9.01. The van der Waals surface area contributed by atoms with E-state index in [0.29, 0.717) is 5.56 Å². The number of hydrogen-bond acceptors (Lipinski definition) is 1. The summed E-state index contributed by atoms with van der Waals surface area (Å²) in [6, 6.07) is 1.75. The lowest BCUT2D eigenvalue weighted by atomic mass is 9.96. The van der Waals surface area contributed by atoms with Crippen LogP contribution < -0.4 is 4.74 Å². The maximum Gasteiger partial charge on any atom is 0.201 e. The van der Waals surface area contributed by atoms with Crippen LogP contribution in [0.15, 0.2) is 12.1 Å². The van der Waals surface area contributed by atoms with Crippen molar-refractivity contribution in [1.82, 2.24) is 0 Å². The lowest BCUT2D eigenvalue weighted by Crippen LogP contribution is -2.24. The van der Waals surface area contributed by atoms with Crippen LogP contribution in [0.5, 0.6) is 5.75 Å². The van der Waals surface area contributed by atoms with Crippen LogP contribution in [0.1, 0.15) is 76.3 Å². The molecule has 0 saturated carbocycles. The summed E-state index contributed by atoms with van der Waals surface area (Å²) in [7, 11) is 0. The zero-order valence-corrected chi connectivity index (χ0v) is 14.3. The monoisotopic (exact) mass is 322 g/mol. The number of aryl methyl sites for hydroxylation is 1. The number of rotatable bonds is 8. The highest BCUT2D eigenvalue weighted by atomic mass is 19.2. The van der Waals surface area contributed by atoms with Gasteiger partial charge in [-0.1, -0.05) is 51.7 Å². The fourth-order valence-electron chi connectivity index (χ4n) is 3.02. The fraction of sp³-hybridized carbons (Fsp3) is 0.600. The summed E-state index contributed by atoms with van der Waals surface area (Å²) in [6.07, 6.45) is 12.7. The van der Waals surface area contributed by atoms with Crippen molar-refractivity contribution < 1.29 is 13.5 Å². The Balaban J connectivity index is 2.10. The molecule has 128 valence electrons. The predicted octanol–water partition coefficient (Wildman–Crippen LogP) is 6.44. The second-order valence-corrected chi connectivity index (χ2v) is 6.40. The van der Waals surface area contributed by atoms with Gasteiger partial charge in [0.25, 0.3) is 0 Å². The molecule has 23 heavy (non-hydrogen) atoms. The van der Waals surface area contributed by atoms with Gasteiger partial charge in [0.2, 0.25) is 5.82 Å². The highest BCUT2D eigenvalue weighted by Crippen LogP contribution is 2.35. The van der Waals surface area contributed by atoms with Gasteiger partial charge in [0.15, 0.2) is 11.6 Å². The number of fused-ring (bicyclic) bond motifs is 1. The molecule has 0 amide bonds. The van der Waals surface area contributed by atoms with Crippen LogP contribution in [0.25, 0.3) is 6.08 Å². The summed E-state index contributed by atoms with van der Waals surface area (Å²) >= 11 is 0. The van der Waals surface area contributed by atoms with Crippen molar-refractivity contribution in [2.24, 2.45) is 0 Å². The first-order valence-corrected chi connectivity index (χ1v) is 9.01. The van der Waals surface area contributed by atoms with Gasteiger partial charge in [-0.2, -0.15) is 4.39 Å². The molecule has 3 heteroatoms. The van der Waals surface area contributed by atoms with Gasteiger partial charge in [-0.15, -0.1) is 0 Å². The van der Waals surface area contributed by atoms with E-state index in [-0.39, 0.29) is 11.9 Å². The molecule has 1 aliphatic heterocycles. The molecular formula is C20H28F2O. The highest BCUT2D eigenvalue weighted by Gasteiger charge is 2.26. The first kappa shape index (κ1) is 18.0. The van der Waals surface area contributed by atoms with Gasteiger partial charge >= 0.3 is 0 Å². The molecule has 2 rings (SSSR count). The van der Waals surface area contributed by atoms with Gasteiger partial charge in [0.1, 0.15) is 0 Å². The fourth-order valence-corrected chi connectivity index (χ4v) is 3.02. The smallest absolute Gasteiger partial charge is 0.201 e. The van der Waals surface area contributed by atoms with E-state index in [9.17, 15) is 8.78 Å². The van der Waals surface area contributed by atoms with E-state index in [1.54, 1.807) is 12.1 Å². The molecule has 1 atom stereocenters. The Hall–Kier alpha value is -1.38. The Labute approximate surface area is 138 Å². The van der Waals surface area contributed by atoms with Crippen LogP contribution in [0.3, 0.4) is 0 Å². The summed E-state index contributed by atoms with van der Waals surface area (Å²) in [5, 5.41) is 0. The van der Waals surface area contributed by atoms with E-state index in [0.717, 1.165) is 63.4 Å².